The molecule has 1 aromatic heterocycles. The fraction of sp³-hybridized carbons (Fsp3) is 0.0833. The van der Waals surface area contributed by atoms with Crippen molar-refractivity contribution in [3.8, 4) is 0 Å². The molecule has 0 aliphatic heterocycles. The fourth-order valence-corrected chi connectivity index (χ4v) is 1.46. The SMILES string of the molecule is NNc1cccc(NCc2ccc(F)c(F)c2)n1. The number of nitrogen functional groups attached to an aromatic ring is 1. The molecule has 0 atom stereocenters. The number of nitrogens with one attached hydrogen (secondary N) is 2. The Kier molecular flexibility index (Phi) is 3.69. The molecule has 2 rings (SSSR count). The molecular weight excluding hydrogens is 238 g/mol. The Morgan fingerprint density at radius 1 is 1.06 bits per heavy atom. The number of hydrazine groups is 1. The Hall–Kier alpha value is -2.21. The zero-order valence-corrected chi connectivity index (χ0v) is 9.45. The van der Waals surface area contributed by atoms with Crippen LogP contribution in [0.2, 0.25) is 0 Å². The molecule has 0 saturated heterocycles. The van der Waals surface area contributed by atoms with Gasteiger partial charge < -0.3 is 10.7 Å². The van der Waals surface area contributed by atoms with Crippen molar-refractivity contribution >= 4 is 11.6 Å². The highest BCUT2D eigenvalue weighted by Gasteiger charge is 2.02. The summed E-state index contributed by atoms with van der Waals surface area (Å²) in [5.41, 5.74) is 3.05. The molecule has 6 heteroatoms. The molecule has 0 aliphatic rings. The van der Waals surface area contributed by atoms with Gasteiger partial charge >= 0.3 is 0 Å². The molecule has 1 aromatic carbocycles. The zero-order chi connectivity index (χ0) is 13.0. The number of anilines is 2. The third kappa shape index (κ3) is 2.92. The molecule has 0 saturated carbocycles. The lowest BCUT2D eigenvalue weighted by Crippen LogP contribution is -2.09. The van der Waals surface area contributed by atoms with E-state index in [0.29, 0.717) is 23.7 Å². The Morgan fingerprint density at radius 3 is 2.56 bits per heavy atom. The first-order valence-electron chi connectivity index (χ1n) is 5.30. The summed E-state index contributed by atoms with van der Waals surface area (Å²) in [4.78, 5) is 4.13. The monoisotopic (exact) mass is 250 g/mol. The van der Waals surface area contributed by atoms with Crippen molar-refractivity contribution in [1.82, 2.24) is 4.98 Å². The summed E-state index contributed by atoms with van der Waals surface area (Å²) in [6.45, 7) is 0.345. The maximum Gasteiger partial charge on any atom is 0.159 e. The lowest BCUT2D eigenvalue weighted by Gasteiger charge is -2.07. The first-order valence-corrected chi connectivity index (χ1v) is 5.30. The first-order chi connectivity index (χ1) is 8.69. The minimum Gasteiger partial charge on any atom is -0.366 e. The third-order valence-corrected chi connectivity index (χ3v) is 2.35. The molecule has 18 heavy (non-hydrogen) atoms. The Labute approximate surface area is 103 Å². The summed E-state index contributed by atoms with van der Waals surface area (Å²) in [6, 6.07) is 8.99. The van der Waals surface area contributed by atoms with Crippen LogP contribution in [0.1, 0.15) is 5.56 Å². The van der Waals surface area contributed by atoms with E-state index in [9.17, 15) is 8.78 Å². The molecule has 2 aromatic rings. The molecule has 0 bridgehead atoms. The fourth-order valence-electron chi connectivity index (χ4n) is 1.46. The van der Waals surface area contributed by atoms with Gasteiger partial charge in [-0.15, -0.1) is 0 Å². The molecular formula is C12H12F2N4. The van der Waals surface area contributed by atoms with Gasteiger partial charge in [-0.1, -0.05) is 12.1 Å². The molecule has 94 valence electrons. The van der Waals surface area contributed by atoms with E-state index >= 15 is 0 Å². The number of nitrogens with zero attached hydrogens (tertiary/aromatic N) is 1. The van der Waals surface area contributed by atoms with Crippen LogP contribution in [0.4, 0.5) is 20.4 Å². The molecule has 0 amide bonds. The zero-order valence-electron chi connectivity index (χ0n) is 9.45. The topological polar surface area (TPSA) is 63.0 Å². The van der Waals surface area contributed by atoms with Crippen LogP contribution in [0.25, 0.3) is 0 Å². The molecule has 4 nitrogen and oxygen atoms in total. The van der Waals surface area contributed by atoms with Crippen molar-refractivity contribution in [2.45, 2.75) is 6.54 Å². The van der Waals surface area contributed by atoms with Crippen LogP contribution in [-0.2, 0) is 6.54 Å². The van der Waals surface area contributed by atoms with Crippen LogP contribution in [0.5, 0.6) is 0 Å². The van der Waals surface area contributed by atoms with Gasteiger partial charge in [-0.2, -0.15) is 0 Å². The molecule has 0 aliphatic carbocycles. The molecule has 0 spiro atoms. The van der Waals surface area contributed by atoms with E-state index in [1.54, 1.807) is 18.2 Å². The van der Waals surface area contributed by atoms with Crippen LogP contribution in [0.3, 0.4) is 0 Å². The predicted octanol–water partition coefficient (Wildman–Crippen LogP) is 2.26. The van der Waals surface area contributed by atoms with Gasteiger partial charge in [0.2, 0.25) is 0 Å². The average molecular weight is 250 g/mol. The summed E-state index contributed by atoms with van der Waals surface area (Å²) in [7, 11) is 0. The second-order valence-corrected chi connectivity index (χ2v) is 3.65. The highest BCUT2D eigenvalue weighted by molar-refractivity contribution is 5.44. The summed E-state index contributed by atoms with van der Waals surface area (Å²) in [6.07, 6.45) is 0. The highest BCUT2D eigenvalue weighted by Crippen LogP contribution is 2.12. The van der Waals surface area contributed by atoms with Gasteiger partial charge in [0, 0.05) is 6.54 Å². The van der Waals surface area contributed by atoms with Crippen molar-refractivity contribution in [3.63, 3.8) is 0 Å². The van der Waals surface area contributed by atoms with Gasteiger partial charge in [-0.05, 0) is 29.8 Å². The largest absolute Gasteiger partial charge is 0.366 e. The van der Waals surface area contributed by atoms with Gasteiger partial charge in [-0.3, -0.25) is 0 Å². The number of pyridine rings is 1. The van der Waals surface area contributed by atoms with Crippen LogP contribution >= 0.6 is 0 Å². The number of hydrogen-bond acceptors (Lipinski definition) is 4. The molecule has 4 N–H and O–H groups in total. The lowest BCUT2D eigenvalue weighted by molar-refractivity contribution is 0.507. The summed E-state index contributed by atoms with van der Waals surface area (Å²) in [5.74, 6) is 4.63. The Morgan fingerprint density at radius 2 is 1.83 bits per heavy atom. The lowest BCUT2D eigenvalue weighted by atomic mass is 10.2. The Balaban J connectivity index is 2.04. The van der Waals surface area contributed by atoms with Crippen molar-refractivity contribution in [2.75, 3.05) is 10.7 Å². The second kappa shape index (κ2) is 5.42. The number of benzene rings is 1. The van der Waals surface area contributed by atoms with E-state index in [4.69, 9.17) is 5.84 Å². The molecule has 1 heterocycles. The van der Waals surface area contributed by atoms with Gasteiger partial charge in [0.05, 0.1) is 0 Å². The van der Waals surface area contributed by atoms with Crippen LogP contribution in [-0.4, -0.2) is 4.98 Å². The van der Waals surface area contributed by atoms with E-state index < -0.39 is 11.6 Å². The first kappa shape index (κ1) is 12.3. The molecule has 0 fully saturated rings. The van der Waals surface area contributed by atoms with Gasteiger partial charge in [0.1, 0.15) is 11.6 Å². The van der Waals surface area contributed by atoms with E-state index in [1.165, 1.54) is 6.07 Å². The average Bonchev–Trinajstić information content (AvgIpc) is 2.40. The van der Waals surface area contributed by atoms with E-state index in [2.05, 4.69) is 15.7 Å². The number of nitrogens with two attached hydrogens (primary N) is 1. The minimum atomic E-state index is -0.861. The van der Waals surface area contributed by atoms with E-state index in [-0.39, 0.29) is 0 Å². The number of hydrogen-bond donors (Lipinski definition) is 3. The summed E-state index contributed by atoms with van der Waals surface area (Å²) < 4.78 is 25.7. The van der Waals surface area contributed by atoms with Gasteiger partial charge in [0.25, 0.3) is 0 Å². The summed E-state index contributed by atoms with van der Waals surface area (Å²) >= 11 is 0. The van der Waals surface area contributed by atoms with Crippen molar-refractivity contribution < 1.29 is 8.78 Å². The van der Waals surface area contributed by atoms with E-state index in [1.807, 2.05) is 0 Å². The third-order valence-electron chi connectivity index (χ3n) is 2.35. The number of rotatable bonds is 4. The van der Waals surface area contributed by atoms with Crippen LogP contribution in [0, 0.1) is 11.6 Å². The predicted molar refractivity (Wildman–Crippen MR) is 65.7 cm³/mol. The quantitative estimate of drug-likeness (QED) is 0.575. The maximum atomic E-state index is 13.0. The maximum absolute atomic E-state index is 13.0. The van der Waals surface area contributed by atoms with Gasteiger partial charge in [0.15, 0.2) is 11.6 Å². The number of aromatic nitrogens is 1. The van der Waals surface area contributed by atoms with Gasteiger partial charge in [-0.25, -0.2) is 19.6 Å². The van der Waals surface area contributed by atoms with Crippen molar-refractivity contribution in [1.29, 1.82) is 0 Å². The minimum absolute atomic E-state index is 0.345. The van der Waals surface area contributed by atoms with Crippen molar-refractivity contribution in [2.24, 2.45) is 5.84 Å². The molecule has 0 unspecified atom stereocenters. The van der Waals surface area contributed by atoms with E-state index in [0.717, 1.165) is 12.1 Å². The van der Waals surface area contributed by atoms with Crippen LogP contribution < -0.4 is 16.6 Å². The summed E-state index contributed by atoms with van der Waals surface area (Å²) in [5, 5.41) is 2.99. The Bertz CT molecular complexity index is 545. The second-order valence-electron chi connectivity index (χ2n) is 3.65. The standard InChI is InChI=1S/C12H12F2N4/c13-9-5-4-8(6-10(9)14)7-16-11-2-1-3-12(17-11)18-15/h1-6H,7,15H2,(H2,16,17,18). The number of halogens is 2. The smallest absolute Gasteiger partial charge is 0.159 e. The molecule has 0 radical (unpaired) electrons. The normalized spacial score (nSPS) is 10.2. The van der Waals surface area contributed by atoms with Crippen molar-refractivity contribution in [3.05, 3.63) is 53.6 Å². The highest BCUT2D eigenvalue weighted by atomic mass is 19.2. The van der Waals surface area contributed by atoms with Crippen LogP contribution in [0.15, 0.2) is 36.4 Å².